The molecule has 1 aliphatic rings. The van der Waals surface area contributed by atoms with E-state index in [1.807, 2.05) is 0 Å². The van der Waals surface area contributed by atoms with Crippen molar-refractivity contribution >= 4 is 0 Å². The van der Waals surface area contributed by atoms with E-state index >= 15 is 0 Å². The zero-order valence-corrected chi connectivity index (χ0v) is 17.7. The van der Waals surface area contributed by atoms with Gasteiger partial charge in [-0.15, -0.1) is 0 Å². The number of aliphatic hydroxyl groups excluding tert-OH is 1. The van der Waals surface area contributed by atoms with Crippen molar-refractivity contribution in [2.75, 3.05) is 6.54 Å². The Morgan fingerprint density at radius 3 is 2.34 bits per heavy atom. The van der Waals surface area contributed by atoms with Crippen LogP contribution in [-0.4, -0.2) is 47.9 Å². The van der Waals surface area contributed by atoms with Gasteiger partial charge in [-0.3, -0.25) is 0 Å². The molecule has 0 saturated heterocycles. The largest absolute Gasteiger partial charge is 0.458 e. The molecule has 0 amide bonds. The van der Waals surface area contributed by atoms with Crippen molar-refractivity contribution in [3.05, 3.63) is 35.4 Å². The minimum absolute atomic E-state index is 0.0999. The highest BCUT2D eigenvalue weighted by atomic mass is 19.4. The fourth-order valence-corrected chi connectivity index (χ4v) is 4.05. The van der Waals surface area contributed by atoms with E-state index < -0.39 is 42.0 Å². The third-order valence-corrected chi connectivity index (χ3v) is 5.50. The summed E-state index contributed by atoms with van der Waals surface area (Å²) in [5.74, 6) is -5.06. The van der Waals surface area contributed by atoms with Crippen molar-refractivity contribution in [3.63, 3.8) is 0 Å². The highest BCUT2D eigenvalue weighted by Crippen LogP contribution is 2.44. The molecular weight excluding hydrogens is 450 g/mol. The number of hydrogen-bond acceptors (Lipinski definition) is 3. The predicted octanol–water partition coefficient (Wildman–Crippen LogP) is 5.50. The van der Waals surface area contributed by atoms with Gasteiger partial charge < -0.3 is 15.2 Å². The first-order valence-corrected chi connectivity index (χ1v) is 10.2. The molecule has 1 aromatic rings. The van der Waals surface area contributed by atoms with Crippen molar-refractivity contribution in [2.24, 2.45) is 0 Å². The van der Waals surface area contributed by atoms with E-state index in [-0.39, 0.29) is 30.6 Å². The van der Waals surface area contributed by atoms with Crippen LogP contribution in [0.2, 0.25) is 0 Å². The summed E-state index contributed by atoms with van der Waals surface area (Å²) >= 11 is 0. The maximum atomic E-state index is 13.8. The Morgan fingerprint density at radius 1 is 1.12 bits per heavy atom. The number of hydrogen-bond donors (Lipinski definition) is 2. The van der Waals surface area contributed by atoms with Gasteiger partial charge in [-0.1, -0.05) is 18.2 Å². The number of aliphatic hydroxyl groups is 1. The summed E-state index contributed by atoms with van der Waals surface area (Å²) in [6.07, 6.45) is -12.1. The van der Waals surface area contributed by atoms with E-state index in [1.54, 1.807) is 13.8 Å². The van der Waals surface area contributed by atoms with Crippen LogP contribution in [0.3, 0.4) is 0 Å². The maximum Gasteiger partial charge on any atom is 0.458 e. The molecule has 3 atom stereocenters. The zero-order valence-electron chi connectivity index (χ0n) is 17.7. The molecule has 1 aliphatic carbocycles. The van der Waals surface area contributed by atoms with E-state index in [2.05, 4.69) is 5.32 Å². The lowest BCUT2D eigenvalue weighted by Crippen LogP contribution is -2.55. The smallest absolute Gasteiger partial charge is 0.382 e. The van der Waals surface area contributed by atoms with Crippen LogP contribution in [0.1, 0.15) is 50.7 Å². The first-order valence-electron chi connectivity index (χ1n) is 10.2. The molecule has 1 saturated carbocycles. The minimum atomic E-state index is -5.78. The Bertz CT molecular complexity index is 750. The second-order valence-electron chi connectivity index (χ2n) is 8.57. The molecule has 3 unspecified atom stereocenters. The number of nitrogens with one attached hydrogen (secondary N) is 1. The number of β-amino-alcohol motifs (C(OH)–C–C–N with tert-alkyl or cyclic N) is 1. The second kappa shape index (κ2) is 9.80. The van der Waals surface area contributed by atoms with Gasteiger partial charge in [-0.05, 0) is 57.6 Å². The summed E-state index contributed by atoms with van der Waals surface area (Å²) in [7, 11) is 0. The highest BCUT2D eigenvalue weighted by molar-refractivity contribution is 5.29. The summed E-state index contributed by atoms with van der Waals surface area (Å²) in [4.78, 5) is 0. The Morgan fingerprint density at radius 2 is 1.78 bits per heavy atom. The summed E-state index contributed by atoms with van der Waals surface area (Å²) in [6, 6.07) is 3.81. The molecule has 3 nitrogen and oxygen atoms in total. The third-order valence-electron chi connectivity index (χ3n) is 5.50. The molecule has 11 heteroatoms. The molecule has 0 heterocycles. The van der Waals surface area contributed by atoms with Gasteiger partial charge in [0.2, 0.25) is 0 Å². The van der Waals surface area contributed by atoms with Gasteiger partial charge in [0.1, 0.15) is 0 Å². The van der Waals surface area contributed by atoms with Crippen LogP contribution in [0.15, 0.2) is 24.3 Å². The van der Waals surface area contributed by atoms with E-state index in [1.165, 1.54) is 6.07 Å². The molecular formula is C21H27F8NO2. The second-order valence-corrected chi connectivity index (χ2v) is 8.57. The Labute approximate surface area is 181 Å². The van der Waals surface area contributed by atoms with E-state index in [9.17, 15) is 40.2 Å². The van der Waals surface area contributed by atoms with Gasteiger partial charge in [0.25, 0.3) is 0 Å². The average molecular weight is 477 g/mol. The van der Waals surface area contributed by atoms with Crippen LogP contribution < -0.4 is 5.32 Å². The topological polar surface area (TPSA) is 41.5 Å². The lowest BCUT2D eigenvalue weighted by atomic mass is 9.75. The normalized spacial score (nSPS) is 24.1. The lowest BCUT2D eigenvalue weighted by Gasteiger charge is -2.43. The third kappa shape index (κ3) is 6.77. The number of alkyl halides is 8. The van der Waals surface area contributed by atoms with Crippen molar-refractivity contribution in [1.82, 2.24) is 5.32 Å². The van der Waals surface area contributed by atoms with E-state index in [0.717, 1.165) is 12.1 Å². The van der Waals surface area contributed by atoms with Gasteiger partial charge in [0.05, 0.1) is 12.2 Å². The molecule has 1 fully saturated rings. The number of rotatable bonds is 8. The predicted molar refractivity (Wildman–Crippen MR) is 101 cm³/mol. The van der Waals surface area contributed by atoms with Gasteiger partial charge in [-0.25, -0.2) is 0 Å². The van der Waals surface area contributed by atoms with Crippen molar-refractivity contribution in [3.8, 4) is 0 Å². The molecule has 0 aliphatic heterocycles. The molecule has 32 heavy (non-hydrogen) atoms. The molecule has 2 rings (SSSR count). The van der Waals surface area contributed by atoms with Crippen LogP contribution in [0.4, 0.5) is 35.1 Å². The molecule has 184 valence electrons. The molecule has 0 bridgehead atoms. The first kappa shape index (κ1) is 26.8. The SMILES string of the molecule is CC(C)OC1CCCC(Cc2cccc(C(F)(F)C(F)(F)F)c2)(NCC(O)C(F)(F)F)C1. The Kier molecular flexibility index (Phi) is 8.21. The summed E-state index contributed by atoms with van der Waals surface area (Å²) in [6.45, 7) is 2.75. The quantitative estimate of drug-likeness (QED) is 0.486. The molecule has 1 aromatic carbocycles. The van der Waals surface area contributed by atoms with E-state index in [0.29, 0.717) is 25.3 Å². The maximum absolute atomic E-state index is 13.8. The summed E-state index contributed by atoms with van der Waals surface area (Å²) in [5, 5.41) is 12.1. The first-order chi connectivity index (χ1) is 14.6. The van der Waals surface area contributed by atoms with Crippen LogP contribution >= 0.6 is 0 Å². The van der Waals surface area contributed by atoms with Gasteiger partial charge in [0, 0.05) is 17.6 Å². The summed E-state index contributed by atoms with van der Waals surface area (Å²) in [5.41, 5.74) is -2.19. The molecule has 0 aromatic heterocycles. The Balaban J connectivity index is 2.31. The lowest BCUT2D eigenvalue weighted by molar-refractivity contribution is -0.289. The molecule has 0 spiro atoms. The fourth-order valence-electron chi connectivity index (χ4n) is 4.05. The van der Waals surface area contributed by atoms with Crippen molar-refractivity contribution in [1.29, 1.82) is 0 Å². The van der Waals surface area contributed by atoms with Gasteiger partial charge in [0.15, 0.2) is 6.10 Å². The Hall–Kier alpha value is -1.46. The van der Waals surface area contributed by atoms with Crippen LogP contribution in [0.25, 0.3) is 0 Å². The van der Waals surface area contributed by atoms with Gasteiger partial charge >= 0.3 is 18.3 Å². The monoisotopic (exact) mass is 477 g/mol. The van der Waals surface area contributed by atoms with Crippen molar-refractivity contribution in [2.45, 2.75) is 88.1 Å². The number of halogens is 8. The zero-order chi connectivity index (χ0) is 24.4. The van der Waals surface area contributed by atoms with Gasteiger partial charge in [-0.2, -0.15) is 35.1 Å². The van der Waals surface area contributed by atoms with Crippen LogP contribution in [-0.2, 0) is 17.1 Å². The van der Waals surface area contributed by atoms with E-state index in [4.69, 9.17) is 4.74 Å². The average Bonchev–Trinajstić information content (AvgIpc) is 2.64. The minimum Gasteiger partial charge on any atom is -0.382 e. The standard InChI is InChI=1S/C21H27F8NO2/c1-13(2)32-16-7-4-8-18(11-16,30-12-17(31)20(24,25)26)10-14-5-3-6-15(9-14)19(22,23)21(27,28)29/h3,5-6,9,13,16-17,30-31H,4,7-8,10-12H2,1-2H3. The number of ether oxygens (including phenoxy) is 1. The highest BCUT2D eigenvalue weighted by Gasteiger charge is 2.58. The summed E-state index contributed by atoms with van der Waals surface area (Å²) < 4.78 is 110. The van der Waals surface area contributed by atoms with Crippen LogP contribution in [0.5, 0.6) is 0 Å². The number of benzene rings is 1. The molecule has 2 N–H and O–H groups in total. The van der Waals surface area contributed by atoms with Crippen LogP contribution in [0, 0.1) is 0 Å². The molecule has 0 radical (unpaired) electrons. The fraction of sp³-hybridized carbons (Fsp3) is 0.714. The van der Waals surface area contributed by atoms with Crippen molar-refractivity contribution < 1.29 is 45.0 Å².